The molecule has 1 atom stereocenters. The van der Waals surface area contributed by atoms with Gasteiger partial charge in [0, 0.05) is 16.1 Å². The first kappa shape index (κ1) is 15.4. The second-order valence-corrected chi connectivity index (χ2v) is 5.74. The topological polar surface area (TPSA) is 12.0 Å². The Hall–Kier alpha value is -1.02. The van der Waals surface area contributed by atoms with Gasteiger partial charge in [0.15, 0.2) is 0 Å². The van der Waals surface area contributed by atoms with Gasteiger partial charge >= 0.3 is 0 Å². The third kappa shape index (κ3) is 3.76. The molecule has 2 aromatic rings. The first-order chi connectivity index (χ1) is 9.61. The van der Waals surface area contributed by atoms with Crippen LogP contribution in [0.3, 0.4) is 0 Å². The zero-order chi connectivity index (χ0) is 14.5. The molecule has 1 unspecified atom stereocenters. The van der Waals surface area contributed by atoms with E-state index in [1.165, 1.54) is 11.1 Å². The molecule has 0 aromatic heterocycles. The molecule has 2 aromatic carbocycles. The molecule has 0 spiro atoms. The fourth-order valence-corrected chi connectivity index (χ4v) is 2.83. The molecule has 2 rings (SSSR count). The van der Waals surface area contributed by atoms with Crippen LogP contribution >= 0.6 is 23.2 Å². The average molecular weight is 308 g/mol. The SMILES string of the molecule is CCNC(Cc1cccc(Cl)c1)c1cccc(Cl)c1C. The molecule has 0 aliphatic rings. The third-order valence-electron chi connectivity index (χ3n) is 3.46. The van der Waals surface area contributed by atoms with Gasteiger partial charge in [0.1, 0.15) is 0 Å². The van der Waals surface area contributed by atoms with Crippen molar-refractivity contribution in [3.8, 4) is 0 Å². The Morgan fingerprint density at radius 1 is 1.10 bits per heavy atom. The minimum atomic E-state index is 0.247. The number of benzene rings is 2. The number of halogens is 2. The van der Waals surface area contributed by atoms with Gasteiger partial charge < -0.3 is 5.32 Å². The lowest BCUT2D eigenvalue weighted by molar-refractivity contribution is 0.547. The van der Waals surface area contributed by atoms with Gasteiger partial charge in [-0.1, -0.05) is 54.4 Å². The van der Waals surface area contributed by atoms with Crippen molar-refractivity contribution in [2.24, 2.45) is 0 Å². The van der Waals surface area contributed by atoms with Gasteiger partial charge in [0.25, 0.3) is 0 Å². The van der Waals surface area contributed by atoms with Crippen molar-refractivity contribution in [3.05, 3.63) is 69.2 Å². The van der Waals surface area contributed by atoms with Crippen molar-refractivity contribution in [3.63, 3.8) is 0 Å². The summed E-state index contributed by atoms with van der Waals surface area (Å²) in [6.45, 7) is 5.10. The molecule has 1 nitrogen and oxygen atoms in total. The Balaban J connectivity index is 2.29. The van der Waals surface area contributed by atoms with E-state index >= 15 is 0 Å². The Bertz CT molecular complexity index is 581. The predicted molar refractivity (Wildman–Crippen MR) is 87.8 cm³/mol. The van der Waals surface area contributed by atoms with Crippen molar-refractivity contribution in [1.82, 2.24) is 5.32 Å². The first-order valence-corrected chi connectivity index (χ1v) is 7.60. The first-order valence-electron chi connectivity index (χ1n) is 6.84. The van der Waals surface area contributed by atoms with Crippen LogP contribution in [0, 0.1) is 6.92 Å². The van der Waals surface area contributed by atoms with E-state index in [2.05, 4.69) is 31.3 Å². The van der Waals surface area contributed by atoms with E-state index < -0.39 is 0 Å². The molecule has 20 heavy (non-hydrogen) atoms. The second-order valence-electron chi connectivity index (χ2n) is 4.90. The molecule has 106 valence electrons. The van der Waals surface area contributed by atoms with Crippen molar-refractivity contribution in [1.29, 1.82) is 0 Å². The quantitative estimate of drug-likeness (QED) is 0.801. The van der Waals surface area contributed by atoms with Crippen LogP contribution in [-0.4, -0.2) is 6.54 Å². The molecule has 0 saturated heterocycles. The van der Waals surface area contributed by atoms with Crippen molar-refractivity contribution < 1.29 is 0 Å². The number of nitrogens with one attached hydrogen (secondary N) is 1. The zero-order valence-electron chi connectivity index (χ0n) is 11.8. The number of likely N-dealkylation sites (N-methyl/N-ethyl adjacent to an activating group) is 1. The summed E-state index contributed by atoms with van der Waals surface area (Å²) in [4.78, 5) is 0. The predicted octanol–water partition coefficient (Wildman–Crippen LogP) is 5.20. The smallest absolute Gasteiger partial charge is 0.0438 e. The fraction of sp³-hybridized carbons (Fsp3) is 0.294. The van der Waals surface area contributed by atoms with E-state index in [9.17, 15) is 0 Å². The van der Waals surface area contributed by atoms with Gasteiger partial charge in [0.05, 0.1) is 0 Å². The Kier molecular flexibility index (Phi) is 5.47. The van der Waals surface area contributed by atoms with Crippen molar-refractivity contribution in [2.45, 2.75) is 26.3 Å². The summed E-state index contributed by atoms with van der Waals surface area (Å²) in [6, 6.07) is 14.3. The Morgan fingerprint density at radius 2 is 1.85 bits per heavy atom. The lowest BCUT2D eigenvalue weighted by atomic mass is 9.95. The summed E-state index contributed by atoms with van der Waals surface area (Å²) >= 11 is 12.3. The number of rotatable bonds is 5. The molecule has 0 amide bonds. The molecule has 0 bridgehead atoms. The normalized spacial score (nSPS) is 12.4. The number of hydrogen-bond acceptors (Lipinski definition) is 1. The highest BCUT2D eigenvalue weighted by atomic mass is 35.5. The zero-order valence-corrected chi connectivity index (χ0v) is 13.3. The molecule has 3 heteroatoms. The van der Waals surface area contributed by atoms with Crippen LogP contribution in [0.2, 0.25) is 10.0 Å². The summed E-state index contributed by atoms with van der Waals surface area (Å²) in [5.74, 6) is 0. The molecule has 0 aliphatic heterocycles. The summed E-state index contributed by atoms with van der Waals surface area (Å²) in [7, 11) is 0. The van der Waals surface area contributed by atoms with E-state index in [0.29, 0.717) is 0 Å². The van der Waals surface area contributed by atoms with E-state index in [1.54, 1.807) is 0 Å². The molecule has 0 aliphatic carbocycles. The molecule has 1 N–H and O–H groups in total. The molecular weight excluding hydrogens is 289 g/mol. The van der Waals surface area contributed by atoms with E-state index in [-0.39, 0.29) is 6.04 Å². The fourth-order valence-electron chi connectivity index (χ4n) is 2.44. The summed E-state index contributed by atoms with van der Waals surface area (Å²) in [6.07, 6.45) is 0.898. The van der Waals surface area contributed by atoms with E-state index in [4.69, 9.17) is 23.2 Å². The van der Waals surface area contributed by atoms with Crippen LogP contribution in [-0.2, 0) is 6.42 Å². The van der Waals surface area contributed by atoms with Gasteiger partial charge in [0.2, 0.25) is 0 Å². The van der Waals surface area contributed by atoms with Crippen LogP contribution in [0.15, 0.2) is 42.5 Å². The Labute approximate surface area is 130 Å². The highest BCUT2D eigenvalue weighted by molar-refractivity contribution is 6.31. The largest absolute Gasteiger partial charge is 0.310 e. The molecule has 0 fully saturated rings. The monoisotopic (exact) mass is 307 g/mol. The van der Waals surface area contributed by atoms with E-state index in [0.717, 1.165) is 28.6 Å². The average Bonchev–Trinajstić information content (AvgIpc) is 2.42. The van der Waals surface area contributed by atoms with Gasteiger partial charge in [-0.2, -0.15) is 0 Å². The van der Waals surface area contributed by atoms with Crippen LogP contribution in [0.1, 0.15) is 29.7 Å². The minimum absolute atomic E-state index is 0.247. The van der Waals surface area contributed by atoms with Crippen LogP contribution < -0.4 is 5.32 Å². The second kappa shape index (κ2) is 7.12. The lowest BCUT2D eigenvalue weighted by Crippen LogP contribution is -2.23. The standard InChI is InChI=1S/C17H19Cl2N/c1-3-20-17(11-13-6-4-7-14(18)10-13)15-8-5-9-16(19)12(15)2/h4-10,17,20H,3,11H2,1-2H3. The minimum Gasteiger partial charge on any atom is -0.310 e. The maximum absolute atomic E-state index is 6.24. The van der Waals surface area contributed by atoms with Gasteiger partial charge in [-0.3, -0.25) is 0 Å². The lowest BCUT2D eigenvalue weighted by Gasteiger charge is -2.21. The maximum Gasteiger partial charge on any atom is 0.0438 e. The number of hydrogen-bond donors (Lipinski definition) is 1. The molecule has 0 heterocycles. The summed E-state index contributed by atoms with van der Waals surface area (Å²) in [5, 5.41) is 5.13. The van der Waals surface area contributed by atoms with Crippen molar-refractivity contribution >= 4 is 23.2 Å². The molecule has 0 radical (unpaired) electrons. The van der Waals surface area contributed by atoms with Crippen LogP contribution in [0.25, 0.3) is 0 Å². The van der Waals surface area contributed by atoms with Gasteiger partial charge in [-0.25, -0.2) is 0 Å². The third-order valence-corrected chi connectivity index (χ3v) is 4.11. The molecular formula is C17H19Cl2N. The highest BCUT2D eigenvalue weighted by Gasteiger charge is 2.15. The van der Waals surface area contributed by atoms with Gasteiger partial charge in [-0.15, -0.1) is 0 Å². The maximum atomic E-state index is 6.24. The summed E-state index contributed by atoms with van der Waals surface area (Å²) < 4.78 is 0. The van der Waals surface area contributed by atoms with E-state index in [1.807, 2.05) is 30.3 Å². The van der Waals surface area contributed by atoms with Gasteiger partial charge in [-0.05, 0) is 54.8 Å². The van der Waals surface area contributed by atoms with Crippen LogP contribution in [0.4, 0.5) is 0 Å². The summed E-state index contributed by atoms with van der Waals surface area (Å²) in [5.41, 5.74) is 3.62. The van der Waals surface area contributed by atoms with Crippen molar-refractivity contribution in [2.75, 3.05) is 6.54 Å². The van der Waals surface area contributed by atoms with Crippen LogP contribution in [0.5, 0.6) is 0 Å². The highest BCUT2D eigenvalue weighted by Crippen LogP contribution is 2.27. The molecule has 0 saturated carbocycles. The Morgan fingerprint density at radius 3 is 2.55 bits per heavy atom.